The number of aryl methyl sites for hydroxylation is 3. The highest BCUT2D eigenvalue weighted by atomic mass is 32.1. The van der Waals surface area contributed by atoms with Gasteiger partial charge < -0.3 is 15.0 Å². The van der Waals surface area contributed by atoms with E-state index in [9.17, 15) is 0 Å². The molecule has 3 rings (SSSR count). The van der Waals surface area contributed by atoms with Gasteiger partial charge in [-0.3, -0.25) is 4.68 Å². The topological polar surface area (TPSA) is 55.2 Å². The maximum absolute atomic E-state index is 5.46. The van der Waals surface area contributed by atoms with Crippen molar-refractivity contribution in [2.75, 3.05) is 37.7 Å². The predicted octanol–water partition coefficient (Wildman–Crippen LogP) is 1.66. The highest BCUT2D eigenvalue weighted by Crippen LogP contribution is 2.24. The third-order valence-electron chi connectivity index (χ3n) is 4.11. The van der Waals surface area contributed by atoms with E-state index in [1.54, 1.807) is 11.3 Å². The number of hydrogen-bond acceptors (Lipinski definition) is 6. The van der Waals surface area contributed by atoms with E-state index >= 15 is 0 Å². The second-order valence-electron chi connectivity index (χ2n) is 5.92. The van der Waals surface area contributed by atoms with Gasteiger partial charge in [0.2, 0.25) is 0 Å². The summed E-state index contributed by atoms with van der Waals surface area (Å²) >= 11 is 1.74. The highest BCUT2D eigenvalue weighted by Gasteiger charge is 2.20. The molecule has 0 unspecified atom stereocenters. The van der Waals surface area contributed by atoms with Crippen molar-refractivity contribution in [1.82, 2.24) is 20.1 Å². The van der Waals surface area contributed by atoms with Crippen molar-refractivity contribution in [3.8, 4) is 0 Å². The Bertz CT molecular complexity index is 645. The highest BCUT2D eigenvalue weighted by molar-refractivity contribution is 7.09. The molecule has 23 heavy (non-hydrogen) atoms. The van der Waals surface area contributed by atoms with Crippen LogP contribution < -0.4 is 10.2 Å². The fraction of sp³-hybridized carbons (Fsp3) is 0.625. The molecule has 0 atom stereocenters. The first-order valence-corrected chi connectivity index (χ1v) is 9.00. The SMILES string of the molecule is Cc1csc(CCNCc2c(C)nn(C)c2N2CCOCC2)n1. The second kappa shape index (κ2) is 7.42. The maximum Gasteiger partial charge on any atom is 0.131 e. The molecule has 1 aliphatic rings. The molecule has 1 N–H and O–H groups in total. The zero-order valence-corrected chi connectivity index (χ0v) is 14.9. The van der Waals surface area contributed by atoms with Crippen LogP contribution in [0, 0.1) is 13.8 Å². The Kier molecular flexibility index (Phi) is 5.30. The Balaban J connectivity index is 1.60. The smallest absolute Gasteiger partial charge is 0.131 e. The van der Waals surface area contributed by atoms with Crippen LogP contribution in [0.15, 0.2) is 5.38 Å². The average molecular weight is 335 g/mol. The molecule has 6 nitrogen and oxygen atoms in total. The van der Waals surface area contributed by atoms with E-state index in [1.165, 1.54) is 16.4 Å². The van der Waals surface area contributed by atoms with Crippen molar-refractivity contribution < 1.29 is 4.74 Å². The average Bonchev–Trinajstić information content (AvgIpc) is 3.07. The Morgan fingerprint density at radius 1 is 1.30 bits per heavy atom. The molecule has 0 amide bonds. The van der Waals surface area contributed by atoms with E-state index in [2.05, 4.69) is 32.6 Å². The minimum atomic E-state index is 0.792. The molecule has 1 saturated heterocycles. The summed E-state index contributed by atoms with van der Waals surface area (Å²) in [5.41, 5.74) is 3.51. The summed E-state index contributed by atoms with van der Waals surface area (Å²) in [6, 6.07) is 0. The third-order valence-corrected chi connectivity index (χ3v) is 5.13. The van der Waals surface area contributed by atoms with E-state index in [-0.39, 0.29) is 0 Å². The summed E-state index contributed by atoms with van der Waals surface area (Å²) in [5, 5.41) is 11.5. The van der Waals surface area contributed by atoms with Crippen LogP contribution in [0.1, 0.15) is 22.0 Å². The Morgan fingerprint density at radius 2 is 2.09 bits per heavy atom. The molecule has 1 aliphatic heterocycles. The van der Waals surface area contributed by atoms with E-state index in [0.717, 1.165) is 57.2 Å². The van der Waals surface area contributed by atoms with Crippen molar-refractivity contribution in [3.63, 3.8) is 0 Å². The first-order chi connectivity index (χ1) is 11.1. The summed E-state index contributed by atoms with van der Waals surface area (Å²) in [6.07, 6.45) is 0.977. The quantitative estimate of drug-likeness (QED) is 0.814. The first-order valence-electron chi connectivity index (χ1n) is 8.12. The van der Waals surface area contributed by atoms with Crippen LogP contribution in [0.4, 0.5) is 5.82 Å². The first kappa shape index (κ1) is 16.4. The number of morpholine rings is 1. The van der Waals surface area contributed by atoms with Gasteiger partial charge in [-0.05, 0) is 13.8 Å². The second-order valence-corrected chi connectivity index (χ2v) is 6.86. The molecular formula is C16H25N5OS. The van der Waals surface area contributed by atoms with E-state index in [4.69, 9.17) is 4.74 Å². The summed E-state index contributed by atoms with van der Waals surface area (Å²) in [5.74, 6) is 1.23. The molecule has 0 aromatic carbocycles. The van der Waals surface area contributed by atoms with E-state index in [0.29, 0.717) is 0 Å². The normalized spacial score (nSPS) is 15.3. The molecule has 126 valence electrons. The summed E-state index contributed by atoms with van der Waals surface area (Å²) in [4.78, 5) is 6.89. The zero-order valence-electron chi connectivity index (χ0n) is 14.1. The van der Waals surface area contributed by atoms with Gasteiger partial charge >= 0.3 is 0 Å². The summed E-state index contributed by atoms with van der Waals surface area (Å²) in [6.45, 7) is 9.36. The van der Waals surface area contributed by atoms with Gasteiger partial charge in [-0.2, -0.15) is 5.10 Å². The van der Waals surface area contributed by atoms with Gasteiger partial charge in [-0.1, -0.05) is 0 Å². The molecule has 3 heterocycles. The zero-order chi connectivity index (χ0) is 16.2. The van der Waals surface area contributed by atoms with Gasteiger partial charge in [0.15, 0.2) is 0 Å². The van der Waals surface area contributed by atoms with Gasteiger partial charge in [0, 0.05) is 56.3 Å². The lowest BCUT2D eigenvalue weighted by Crippen LogP contribution is -2.38. The van der Waals surface area contributed by atoms with Crippen LogP contribution >= 0.6 is 11.3 Å². The van der Waals surface area contributed by atoms with Crippen molar-refractivity contribution >= 4 is 17.2 Å². The molecule has 7 heteroatoms. The van der Waals surface area contributed by atoms with Gasteiger partial charge in [0.25, 0.3) is 0 Å². The number of rotatable bonds is 6. The van der Waals surface area contributed by atoms with Crippen LogP contribution in [0.5, 0.6) is 0 Å². The molecule has 0 aliphatic carbocycles. The monoisotopic (exact) mass is 335 g/mol. The lowest BCUT2D eigenvalue weighted by Gasteiger charge is -2.29. The lowest BCUT2D eigenvalue weighted by molar-refractivity contribution is 0.122. The molecule has 2 aromatic rings. The van der Waals surface area contributed by atoms with Crippen LogP contribution in [-0.4, -0.2) is 47.6 Å². The molecule has 0 radical (unpaired) electrons. The number of nitrogens with one attached hydrogen (secondary N) is 1. The fourth-order valence-corrected chi connectivity index (χ4v) is 3.77. The van der Waals surface area contributed by atoms with Gasteiger partial charge in [-0.25, -0.2) is 4.98 Å². The third kappa shape index (κ3) is 3.91. The standard InChI is InChI=1S/C16H25N5OS/c1-12-11-23-15(18-12)4-5-17-10-14-13(2)19-20(3)16(14)21-6-8-22-9-7-21/h11,17H,4-10H2,1-3H3. The van der Waals surface area contributed by atoms with E-state index < -0.39 is 0 Å². The number of anilines is 1. The minimum Gasteiger partial charge on any atom is -0.378 e. The molecule has 2 aromatic heterocycles. The Labute approximate surface area is 141 Å². The van der Waals surface area contributed by atoms with Crippen molar-refractivity contribution in [1.29, 1.82) is 0 Å². The lowest BCUT2D eigenvalue weighted by atomic mass is 10.2. The Hall–Kier alpha value is -1.44. The molecule has 1 fully saturated rings. The van der Waals surface area contributed by atoms with Gasteiger partial charge in [0.05, 0.1) is 23.9 Å². The predicted molar refractivity (Wildman–Crippen MR) is 93.2 cm³/mol. The van der Waals surface area contributed by atoms with Crippen LogP contribution in [0.3, 0.4) is 0 Å². The largest absolute Gasteiger partial charge is 0.378 e. The minimum absolute atomic E-state index is 0.792. The molecule has 0 bridgehead atoms. The molecule has 0 spiro atoms. The maximum atomic E-state index is 5.46. The Morgan fingerprint density at radius 3 is 2.78 bits per heavy atom. The molecule has 0 saturated carbocycles. The number of hydrogen-bond donors (Lipinski definition) is 1. The van der Waals surface area contributed by atoms with Crippen molar-refractivity contribution in [3.05, 3.63) is 27.3 Å². The van der Waals surface area contributed by atoms with Gasteiger partial charge in [-0.15, -0.1) is 11.3 Å². The van der Waals surface area contributed by atoms with Crippen molar-refractivity contribution in [2.45, 2.75) is 26.8 Å². The van der Waals surface area contributed by atoms with E-state index in [1.807, 2.05) is 18.7 Å². The number of nitrogens with zero attached hydrogens (tertiary/aromatic N) is 4. The number of thiazole rings is 1. The van der Waals surface area contributed by atoms with Crippen LogP contribution in [0.2, 0.25) is 0 Å². The summed E-state index contributed by atoms with van der Waals surface area (Å²) in [7, 11) is 2.03. The number of ether oxygens (including phenoxy) is 1. The fourth-order valence-electron chi connectivity index (χ4n) is 2.99. The molecular weight excluding hydrogens is 310 g/mol. The van der Waals surface area contributed by atoms with Crippen molar-refractivity contribution in [2.24, 2.45) is 7.05 Å². The van der Waals surface area contributed by atoms with Crippen LogP contribution in [0.25, 0.3) is 0 Å². The summed E-state index contributed by atoms with van der Waals surface area (Å²) < 4.78 is 7.47. The van der Waals surface area contributed by atoms with Crippen LogP contribution in [-0.2, 0) is 24.8 Å². The van der Waals surface area contributed by atoms with Gasteiger partial charge in [0.1, 0.15) is 5.82 Å². The number of aromatic nitrogens is 3.